The Labute approximate surface area is 144 Å². The van der Waals surface area contributed by atoms with Crippen molar-refractivity contribution in [3.8, 4) is 0 Å². The number of likely N-dealkylation sites (tertiary alicyclic amines) is 1. The smallest absolute Gasteiger partial charge is 0.253 e. The molecule has 1 aliphatic heterocycles. The van der Waals surface area contributed by atoms with Crippen LogP contribution in [0.3, 0.4) is 0 Å². The van der Waals surface area contributed by atoms with Crippen LogP contribution in [0.4, 0.5) is 0 Å². The van der Waals surface area contributed by atoms with Crippen LogP contribution in [0.1, 0.15) is 37.0 Å². The Morgan fingerprint density at radius 3 is 2.42 bits per heavy atom. The van der Waals surface area contributed by atoms with Crippen LogP contribution >= 0.6 is 0 Å². The Morgan fingerprint density at radius 1 is 1.25 bits per heavy atom. The van der Waals surface area contributed by atoms with Crippen molar-refractivity contribution in [2.45, 2.75) is 37.7 Å². The molecule has 1 aromatic rings. The largest absolute Gasteiger partial charge is 0.381 e. The van der Waals surface area contributed by atoms with Gasteiger partial charge in [-0.15, -0.1) is 0 Å². The number of hydrogen-bond acceptors (Lipinski definition) is 4. The fourth-order valence-corrected chi connectivity index (χ4v) is 4.48. The molecular formula is C17H26N2O4S. The minimum absolute atomic E-state index is 0.124. The summed E-state index contributed by atoms with van der Waals surface area (Å²) in [5.74, 6) is -0.124. The summed E-state index contributed by atoms with van der Waals surface area (Å²) in [7, 11) is -1.87. The van der Waals surface area contributed by atoms with Gasteiger partial charge in [0.2, 0.25) is 10.0 Å². The van der Waals surface area contributed by atoms with Crippen LogP contribution in [0.25, 0.3) is 0 Å². The number of amides is 1. The van der Waals surface area contributed by atoms with Crippen LogP contribution in [-0.4, -0.2) is 62.9 Å². The first-order valence-corrected chi connectivity index (χ1v) is 9.80. The zero-order valence-corrected chi connectivity index (χ0v) is 15.4. The summed E-state index contributed by atoms with van der Waals surface area (Å²) in [5.41, 5.74) is 0.416. The number of ether oxygens (including phenoxy) is 1. The van der Waals surface area contributed by atoms with E-state index in [1.54, 1.807) is 44.1 Å². The topological polar surface area (TPSA) is 66.9 Å². The second-order valence-corrected chi connectivity index (χ2v) is 7.78. The molecule has 1 aromatic carbocycles. The highest BCUT2D eigenvalue weighted by Crippen LogP contribution is 2.20. The first-order chi connectivity index (χ1) is 11.4. The molecule has 134 valence electrons. The third-order valence-electron chi connectivity index (χ3n) is 4.49. The number of hydrogen-bond donors (Lipinski definition) is 0. The maximum atomic E-state index is 12.7. The predicted molar refractivity (Wildman–Crippen MR) is 92.5 cm³/mol. The lowest BCUT2D eigenvalue weighted by Gasteiger charge is -2.31. The molecule has 1 saturated heterocycles. The Hall–Kier alpha value is -1.44. The highest BCUT2D eigenvalue weighted by atomic mass is 32.2. The predicted octanol–water partition coefficient (Wildman–Crippen LogP) is 1.97. The molecule has 0 spiro atoms. The van der Waals surface area contributed by atoms with Gasteiger partial charge >= 0.3 is 0 Å². The maximum Gasteiger partial charge on any atom is 0.253 e. The van der Waals surface area contributed by atoms with Gasteiger partial charge in [0, 0.05) is 38.9 Å². The van der Waals surface area contributed by atoms with Gasteiger partial charge in [0.15, 0.2) is 0 Å². The molecule has 0 saturated carbocycles. The molecule has 7 heteroatoms. The number of methoxy groups -OCH3 is 1. The van der Waals surface area contributed by atoms with E-state index in [1.165, 1.54) is 10.4 Å². The lowest BCUT2D eigenvalue weighted by Crippen LogP contribution is -2.40. The SMILES string of the molecule is CCN(CC)S(=O)(=O)c1cccc(C(=O)N2CCC(OC)CC2)c1. The molecule has 0 aliphatic carbocycles. The van der Waals surface area contributed by atoms with Crippen molar-refractivity contribution in [1.82, 2.24) is 9.21 Å². The maximum absolute atomic E-state index is 12.7. The van der Waals surface area contributed by atoms with E-state index in [2.05, 4.69) is 0 Å². The normalized spacial score (nSPS) is 16.6. The van der Waals surface area contributed by atoms with E-state index in [0.29, 0.717) is 31.7 Å². The number of nitrogens with zero attached hydrogens (tertiary/aromatic N) is 2. The van der Waals surface area contributed by atoms with E-state index in [9.17, 15) is 13.2 Å². The number of carbonyl (C=O) groups is 1. The van der Waals surface area contributed by atoms with E-state index in [-0.39, 0.29) is 16.9 Å². The Bertz CT molecular complexity index is 663. The minimum Gasteiger partial charge on any atom is -0.381 e. The van der Waals surface area contributed by atoms with Crippen LogP contribution in [0, 0.1) is 0 Å². The summed E-state index contributed by atoms with van der Waals surface area (Å²) < 4.78 is 31.9. The average molecular weight is 354 g/mol. The molecule has 1 heterocycles. The van der Waals surface area contributed by atoms with Crippen molar-refractivity contribution < 1.29 is 17.9 Å². The van der Waals surface area contributed by atoms with Gasteiger partial charge in [0.25, 0.3) is 5.91 Å². The molecule has 1 amide bonds. The van der Waals surface area contributed by atoms with E-state index >= 15 is 0 Å². The van der Waals surface area contributed by atoms with Gasteiger partial charge in [-0.3, -0.25) is 4.79 Å². The van der Waals surface area contributed by atoms with Crippen molar-refractivity contribution in [2.75, 3.05) is 33.3 Å². The summed E-state index contributed by atoms with van der Waals surface area (Å²) in [5, 5.41) is 0. The van der Waals surface area contributed by atoms with Crippen LogP contribution in [-0.2, 0) is 14.8 Å². The fourth-order valence-electron chi connectivity index (χ4n) is 2.98. The Kier molecular flexibility index (Phi) is 6.37. The standard InChI is InChI=1S/C17H26N2O4S/c1-4-19(5-2)24(21,22)16-8-6-7-14(13-16)17(20)18-11-9-15(23-3)10-12-18/h6-8,13,15H,4-5,9-12H2,1-3H3. The quantitative estimate of drug-likeness (QED) is 0.783. The lowest BCUT2D eigenvalue weighted by atomic mass is 10.1. The molecule has 0 radical (unpaired) electrons. The van der Waals surface area contributed by atoms with Crippen LogP contribution in [0.15, 0.2) is 29.2 Å². The molecule has 0 N–H and O–H groups in total. The first kappa shape index (κ1) is 18.9. The fraction of sp³-hybridized carbons (Fsp3) is 0.588. The van der Waals surface area contributed by atoms with E-state index < -0.39 is 10.0 Å². The van der Waals surface area contributed by atoms with Crippen molar-refractivity contribution >= 4 is 15.9 Å². The third-order valence-corrected chi connectivity index (χ3v) is 6.53. The molecule has 1 aliphatic rings. The second kappa shape index (κ2) is 8.09. The molecular weight excluding hydrogens is 328 g/mol. The zero-order chi connectivity index (χ0) is 17.7. The van der Waals surface area contributed by atoms with Gasteiger partial charge in [-0.25, -0.2) is 8.42 Å². The average Bonchev–Trinajstić information content (AvgIpc) is 2.62. The van der Waals surface area contributed by atoms with Gasteiger partial charge in [-0.1, -0.05) is 19.9 Å². The van der Waals surface area contributed by atoms with Crippen molar-refractivity contribution in [2.24, 2.45) is 0 Å². The number of benzene rings is 1. The molecule has 6 nitrogen and oxygen atoms in total. The summed E-state index contributed by atoms with van der Waals surface area (Å²) in [6.07, 6.45) is 1.81. The molecule has 1 fully saturated rings. The first-order valence-electron chi connectivity index (χ1n) is 8.36. The Balaban J connectivity index is 2.20. The van der Waals surface area contributed by atoms with Crippen molar-refractivity contribution in [3.05, 3.63) is 29.8 Å². The molecule has 0 unspecified atom stereocenters. The zero-order valence-electron chi connectivity index (χ0n) is 14.6. The summed E-state index contributed by atoms with van der Waals surface area (Å²) in [6, 6.07) is 6.33. The third kappa shape index (κ3) is 3.96. The molecule has 0 atom stereocenters. The van der Waals surface area contributed by atoms with E-state index in [0.717, 1.165) is 12.8 Å². The number of sulfonamides is 1. The highest BCUT2D eigenvalue weighted by Gasteiger charge is 2.26. The molecule has 2 rings (SSSR count). The van der Waals surface area contributed by atoms with E-state index in [4.69, 9.17) is 4.74 Å². The number of carbonyl (C=O) groups excluding carboxylic acids is 1. The van der Waals surface area contributed by atoms with Gasteiger partial charge in [-0.05, 0) is 31.0 Å². The van der Waals surface area contributed by atoms with Gasteiger partial charge in [-0.2, -0.15) is 4.31 Å². The lowest BCUT2D eigenvalue weighted by molar-refractivity contribution is 0.0350. The minimum atomic E-state index is -3.56. The monoisotopic (exact) mass is 354 g/mol. The number of piperidine rings is 1. The second-order valence-electron chi connectivity index (χ2n) is 5.84. The Morgan fingerprint density at radius 2 is 1.88 bits per heavy atom. The number of rotatable bonds is 6. The van der Waals surface area contributed by atoms with Crippen molar-refractivity contribution in [1.29, 1.82) is 0 Å². The summed E-state index contributed by atoms with van der Waals surface area (Å²) in [4.78, 5) is 14.6. The summed E-state index contributed by atoms with van der Waals surface area (Å²) >= 11 is 0. The molecule has 24 heavy (non-hydrogen) atoms. The van der Waals surface area contributed by atoms with Crippen LogP contribution in [0.2, 0.25) is 0 Å². The van der Waals surface area contributed by atoms with Crippen LogP contribution in [0.5, 0.6) is 0 Å². The molecule has 0 bridgehead atoms. The summed E-state index contributed by atoms with van der Waals surface area (Å²) in [6.45, 7) is 5.67. The van der Waals surface area contributed by atoms with E-state index in [1.807, 2.05) is 0 Å². The van der Waals surface area contributed by atoms with Gasteiger partial charge in [0.05, 0.1) is 11.0 Å². The van der Waals surface area contributed by atoms with Crippen molar-refractivity contribution in [3.63, 3.8) is 0 Å². The molecule has 0 aromatic heterocycles. The van der Waals surface area contributed by atoms with Gasteiger partial charge < -0.3 is 9.64 Å². The van der Waals surface area contributed by atoms with Gasteiger partial charge in [0.1, 0.15) is 0 Å². The van der Waals surface area contributed by atoms with Crippen LogP contribution < -0.4 is 0 Å². The highest BCUT2D eigenvalue weighted by molar-refractivity contribution is 7.89.